The predicted octanol–water partition coefficient (Wildman–Crippen LogP) is 3.84. The molecule has 1 unspecified atom stereocenters. The van der Waals surface area contributed by atoms with Gasteiger partial charge in [0.25, 0.3) is 0 Å². The first kappa shape index (κ1) is 19.6. The summed E-state index contributed by atoms with van der Waals surface area (Å²) < 4.78 is 11.1. The van der Waals surface area contributed by atoms with Crippen molar-refractivity contribution >= 4 is 11.6 Å². The van der Waals surface area contributed by atoms with E-state index < -0.39 is 0 Å². The lowest BCUT2D eigenvalue weighted by molar-refractivity contribution is -0.117. The van der Waals surface area contributed by atoms with Crippen LogP contribution in [-0.2, 0) is 4.79 Å². The van der Waals surface area contributed by atoms with Gasteiger partial charge in [-0.15, -0.1) is 0 Å². The molecule has 2 N–H and O–H groups in total. The van der Waals surface area contributed by atoms with Crippen LogP contribution in [0.25, 0.3) is 0 Å². The Kier molecular flexibility index (Phi) is 8.06. The lowest BCUT2D eigenvalue weighted by atomic mass is 9.84. The zero-order chi connectivity index (χ0) is 18.1. The van der Waals surface area contributed by atoms with Crippen LogP contribution in [0.1, 0.15) is 46.0 Å². The summed E-state index contributed by atoms with van der Waals surface area (Å²) in [5.74, 6) is 2.47. The van der Waals surface area contributed by atoms with Gasteiger partial charge in [-0.1, -0.05) is 20.3 Å². The lowest BCUT2D eigenvalue weighted by Gasteiger charge is -2.28. The Bertz CT molecular complexity index is 542. The first-order valence-electron chi connectivity index (χ1n) is 9.45. The maximum atomic E-state index is 12.5. The number of nitrogens with one attached hydrogen (secondary N) is 2. The molecule has 1 fully saturated rings. The fourth-order valence-corrected chi connectivity index (χ4v) is 3.26. The van der Waals surface area contributed by atoms with E-state index in [1.54, 1.807) is 7.11 Å². The molecular formula is C20H32N2O3. The summed E-state index contributed by atoms with van der Waals surface area (Å²) in [7, 11) is 1.62. The number of anilines is 1. The highest BCUT2D eigenvalue weighted by Gasteiger charge is 2.22. The highest BCUT2D eigenvalue weighted by atomic mass is 16.5. The Hall–Kier alpha value is -1.75. The van der Waals surface area contributed by atoms with Gasteiger partial charge < -0.3 is 20.1 Å². The van der Waals surface area contributed by atoms with Gasteiger partial charge in [-0.25, -0.2) is 0 Å². The van der Waals surface area contributed by atoms with Crippen LogP contribution in [0.4, 0.5) is 5.69 Å². The molecular weight excluding hydrogens is 316 g/mol. The summed E-state index contributed by atoms with van der Waals surface area (Å²) in [4.78, 5) is 12.5. The van der Waals surface area contributed by atoms with Crippen LogP contribution in [0, 0.1) is 11.8 Å². The molecule has 25 heavy (non-hydrogen) atoms. The lowest BCUT2D eigenvalue weighted by Crippen LogP contribution is -2.32. The van der Waals surface area contributed by atoms with Crippen molar-refractivity contribution in [3.8, 4) is 11.5 Å². The van der Waals surface area contributed by atoms with Gasteiger partial charge in [-0.05, 0) is 56.3 Å². The molecule has 0 aliphatic carbocycles. The molecule has 1 aliphatic heterocycles. The van der Waals surface area contributed by atoms with Crippen molar-refractivity contribution in [3.05, 3.63) is 18.2 Å². The highest BCUT2D eigenvalue weighted by Crippen LogP contribution is 2.30. The van der Waals surface area contributed by atoms with E-state index in [1.807, 2.05) is 18.2 Å². The molecule has 0 radical (unpaired) electrons. The minimum atomic E-state index is 0.0413. The van der Waals surface area contributed by atoms with Crippen molar-refractivity contribution in [2.45, 2.75) is 46.0 Å². The zero-order valence-corrected chi connectivity index (χ0v) is 15.8. The topological polar surface area (TPSA) is 59.6 Å². The standard InChI is InChI=1S/C20H32N2O3/c1-4-5-12-25-19-7-6-17(24-3)14-18(19)22-20(23)13-15(2)16-8-10-21-11-9-16/h6-7,14-16,21H,4-5,8-13H2,1-3H3,(H,22,23). The van der Waals surface area contributed by atoms with Gasteiger partial charge in [0.1, 0.15) is 11.5 Å². The molecule has 1 aromatic carbocycles. The minimum absolute atomic E-state index is 0.0413. The normalized spacial score (nSPS) is 16.3. The number of unbranched alkanes of at least 4 members (excludes halogenated alkanes) is 1. The maximum absolute atomic E-state index is 12.5. The first-order chi connectivity index (χ1) is 12.1. The van der Waals surface area contributed by atoms with Gasteiger partial charge in [0.2, 0.25) is 5.91 Å². The van der Waals surface area contributed by atoms with Crippen LogP contribution < -0.4 is 20.1 Å². The fraction of sp³-hybridized carbons (Fsp3) is 0.650. The third-order valence-electron chi connectivity index (χ3n) is 4.91. The molecule has 0 saturated carbocycles. The maximum Gasteiger partial charge on any atom is 0.224 e. The van der Waals surface area contributed by atoms with E-state index in [1.165, 1.54) is 0 Å². The average molecular weight is 348 g/mol. The van der Waals surface area contributed by atoms with Gasteiger partial charge in [0, 0.05) is 12.5 Å². The van der Waals surface area contributed by atoms with E-state index in [0.717, 1.165) is 38.8 Å². The van der Waals surface area contributed by atoms with E-state index in [2.05, 4.69) is 24.5 Å². The smallest absolute Gasteiger partial charge is 0.224 e. The molecule has 1 aromatic rings. The van der Waals surface area contributed by atoms with Crippen LogP contribution in [0.5, 0.6) is 11.5 Å². The number of amides is 1. The second kappa shape index (κ2) is 10.3. The Morgan fingerprint density at radius 1 is 1.36 bits per heavy atom. The Balaban J connectivity index is 1.97. The van der Waals surface area contributed by atoms with Crippen LogP contribution in [0.3, 0.4) is 0 Å². The number of methoxy groups -OCH3 is 1. The van der Waals surface area contributed by atoms with Gasteiger partial charge in [0.15, 0.2) is 0 Å². The molecule has 1 amide bonds. The SMILES string of the molecule is CCCCOc1ccc(OC)cc1NC(=O)CC(C)C1CCNCC1. The van der Waals surface area contributed by atoms with Crippen molar-refractivity contribution in [1.29, 1.82) is 0 Å². The number of benzene rings is 1. The van der Waals surface area contributed by atoms with Crippen molar-refractivity contribution < 1.29 is 14.3 Å². The second-order valence-electron chi connectivity index (χ2n) is 6.88. The third kappa shape index (κ3) is 6.24. The van der Waals surface area contributed by atoms with E-state index in [4.69, 9.17) is 9.47 Å². The molecule has 2 rings (SSSR count). The van der Waals surface area contributed by atoms with Crippen molar-refractivity contribution in [2.75, 3.05) is 32.1 Å². The quantitative estimate of drug-likeness (QED) is 0.666. The van der Waals surface area contributed by atoms with Gasteiger partial charge in [-0.2, -0.15) is 0 Å². The fourth-order valence-electron chi connectivity index (χ4n) is 3.26. The van der Waals surface area contributed by atoms with Crippen molar-refractivity contribution in [3.63, 3.8) is 0 Å². The molecule has 1 atom stereocenters. The largest absolute Gasteiger partial charge is 0.497 e. The molecule has 1 aliphatic rings. The molecule has 0 bridgehead atoms. The summed E-state index contributed by atoms with van der Waals surface area (Å²) in [6.07, 6.45) is 4.91. The van der Waals surface area contributed by atoms with E-state index in [0.29, 0.717) is 42.0 Å². The van der Waals surface area contributed by atoms with Gasteiger partial charge in [-0.3, -0.25) is 4.79 Å². The van der Waals surface area contributed by atoms with Crippen molar-refractivity contribution in [1.82, 2.24) is 5.32 Å². The van der Waals surface area contributed by atoms with Crippen LogP contribution in [0.15, 0.2) is 18.2 Å². The van der Waals surface area contributed by atoms with E-state index in [9.17, 15) is 4.79 Å². The van der Waals surface area contributed by atoms with E-state index in [-0.39, 0.29) is 5.91 Å². The van der Waals surface area contributed by atoms with E-state index >= 15 is 0 Å². The first-order valence-corrected chi connectivity index (χ1v) is 9.45. The summed E-state index contributed by atoms with van der Waals surface area (Å²) in [6.45, 7) is 7.07. The summed E-state index contributed by atoms with van der Waals surface area (Å²) in [5, 5.41) is 6.40. The molecule has 5 heteroatoms. The number of piperidine rings is 1. The van der Waals surface area contributed by atoms with Crippen LogP contribution >= 0.6 is 0 Å². The summed E-state index contributed by atoms with van der Waals surface area (Å²) in [6, 6.07) is 5.54. The Morgan fingerprint density at radius 3 is 2.80 bits per heavy atom. The number of ether oxygens (including phenoxy) is 2. The molecule has 0 spiro atoms. The number of rotatable bonds is 9. The van der Waals surface area contributed by atoms with Crippen molar-refractivity contribution in [2.24, 2.45) is 11.8 Å². The molecule has 0 aromatic heterocycles. The number of carbonyl (C=O) groups is 1. The third-order valence-corrected chi connectivity index (χ3v) is 4.91. The molecule has 1 saturated heterocycles. The molecule has 140 valence electrons. The monoisotopic (exact) mass is 348 g/mol. The average Bonchev–Trinajstić information content (AvgIpc) is 2.63. The van der Waals surface area contributed by atoms with Gasteiger partial charge in [0.05, 0.1) is 19.4 Å². The van der Waals surface area contributed by atoms with Gasteiger partial charge >= 0.3 is 0 Å². The zero-order valence-electron chi connectivity index (χ0n) is 15.8. The molecule has 1 heterocycles. The number of hydrogen-bond donors (Lipinski definition) is 2. The predicted molar refractivity (Wildman–Crippen MR) is 101 cm³/mol. The number of hydrogen-bond acceptors (Lipinski definition) is 4. The second-order valence-corrected chi connectivity index (χ2v) is 6.88. The minimum Gasteiger partial charge on any atom is -0.497 e. The summed E-state index contributed by atoms with van der Waals surface area (Å²) in [5.41, 5.74) is 0.693. The Morgan fingerprint density at radius 2 is 2.12 bits per heavy atom. The highest BCUT2D eigenvalue weighted by molar-refractivity contribution is 5.92. The number of carbonyl (C=O) groups excluding carboxylic acids is 1. The Labute approximate surface area is 151 Å². The summed E-state index contributed by atoms with van der Waals surface area (Å²) >= 11 is 0. The van der Waals surface area contributed by atoms with Crippen LogP contribution in [-0.4, -0.2) is 32.7 Å². The molecule has 5 nitrogen and oxygen atoms in total. The van der Waals surface area contributed by atoms with Crippen LogP contribution in [0.2, 0.25) is 0 Å².